The number of alkyl carbamates (subject to hydrolysis) is 1. The van der Waals surface area contributed by atoms with E-state index in [0.29, 0.717) is 60.9 Å². The summed E-state index contributed by atoms with van der Waals surface area (Å²) in [6.45, 7) is 4.53. The van der Waals surface area contributed by atoms with E-state index >= 15 is 0 Å². The van der Waals surface area contributed by atoms with E-state index in [1.165, 1.54) is 12.1 Å². The number of nitrogens with zero attached hydrogens (tertiary/aromatic N) is 1. The number of aliphatic hydroxyl groups excluding tert-OH is 1. The van der Waals surface area contributed by atoms with E-state index in [2.05, 4.69) is 20.5 Å². The molecule has 4 aromatic carbocycles. The summed E-state index contributed by atoms with van der Waals surface area (Å²) < 4.78 is 18.2. The maximum absolute atomic E-state index is 13.7. The van der Waals surface area contributed by atoms with Crippen LogP contribution in [-0.2, 0) is 26.3 Å². The summed E-state index contributed by atoms with van der Waals surface area (Å²) in [5.41, 5.74) is 3.70. The van der Waals surface area contributed by atoms with E-state index in [0.717, 1.165) is 86.8 Å². The molecule has 3 atom stereocenters. The molecule has 4 heterocycles. The fourth-order valence-corrected chi connectivity index (χ4v) is 9.35. The Morgan fingerprint density at radius 3 is 2.41 bits per heavy atom. The number of pyridine rings is 1. The summed E-state index contributed by atoms with van der Waals surface area (Å²) in [5.74, 6) is 0.878. The van der Waals surface area contributed by atoms with Crippen LogP contribution in [0.25, 0.3) is 10.9 Å². The lowest BCUT2D eigenvalue weighted by Crippen LogP contribution is -2.52. The zero-order valence-electron chi connectivity index (χ0n) is 34.5. The predicted molar refractivity (Wildman–Crippen MR) is 232 cm³/mol. The fraction of sp³-hybridized carbons (Fsp3) is 0.408. The van der Waals surface area contributed by atoms with Crippen molar-refractivity contribution in [3.8, 4) is 11.5 Å². The molecule has 12 nitrogen and oxygen atoms in total. The zero-order chi connectivity index (χ0) is 42.2. The smallest absolute Gasteiger partial charge is 0.408 e. The third-order valence-electron chi connectivity index (χ3n) is 12.8. The summed E-state index contributed by atoms with van der Waals surface area (Å²) in [7, 11) is 0. The quantitative estimate of drug-likeness (QED) is 0.0480. The van der Waals surface area contributed by atoms with Gasteiger partial charge in [-0.25, -0.2) is 4.79 Å². The van der Waals surface area contributed by atoms with Crippen LogP contribution in [-0.4, -0.2) is 77.6 Å². The Balaban J connectivity index is 0.815. The molecule has 1 amide bonds. The van der Waals surface area contributed by atoms with Crippen molar-refractivity contribution in [3.05, 3.63) is 141 Å². The Labute approximate surface area is 356 Å². The summed E-state index contributed by atoms with van der Waals surface area (Å²) >= 11 is 0. The Kier molecular flexibility index (Phi) is 13.3. The van der Waals surface area contributed by atoms with Gasteiger partial charge in [-0.2, -0.15) is 0 Å². The average Bonchev–Trinajstić information content (AvgIpc) is 3.80. The van der Waals surface area contributed by atoms with Crippen LogP contribution >= 0.6 is 0 Å². The molecular weight excluding hydrogens is 773 g/mol. The number of H-pyrrole nitrogens is 1. The molecule has 1 unspecified atom stereocenters. The molecule has 2 bridgehead atoms. The third kappa shape index (κ3) is 9.93. The molecule has 1 saturated carbocycles. The number of phenols is 1. The molecule has 5 aromatic rings. The van der Waals surface area contributed by atoms with Crippen LogP contribution in [0, 0.1) is 5.92 Å². The summed E-state index contributed by atoms with van der Waals surface area (Å²) in [4.78, 5) is 43.7. The lowest BCUT2D eigenvalue weighted by Gasteiger charge is -2.43. The number of esters is 1. The van der Waals surface area contributed by atoms with Crippen molar-refractivity contribution in [2.24, 2.45) is 5.92 Å². The second-order valence-electron chi connectivity index (χ2n) is 16.8. The van der Waals surface area contributed by atoms with Crippen molar-refractivity contribution < 1.29 is 34.0 Å². The highest BCUT2D eigenvalue weighted by atomic mass is 16.6. The van der Waals surface area contributed by atoms with E-state index in [1.54, 1.807) is 12.1 Å². The summed E-state index contributed by atoms with van der Waals surface area (Å²) in [6.07, 6.45) is 5.67. The number of rotatable bonds is 17. The molecule has 3 aliphatic heterocycles. The normalized spacial score (nSPS) is 20.2. The Morgan fingerprint density at radius 1 is 0.885 bits per heavy atom. The molecule has 1 aromatic heterocycles. The van der Waals surface area contributed by atoms with Gasteiger partial charge in [0.25, 0.3) is 0 Å². The van der Waals surface area contributed by atoms with Gasteiger partial charge in [-0.3, -0.25) is 14.5 Å². The number of carbonyl (C=O) groups is 2. The number of nitrogens with one attached hydrogen (secondary N) is 3. The van der Waals surface area contributed by atoms with E-state index in [9.17, 15) is 24.6 Å². The number of fused-ring (bicyclic) bond motifs is 4. The molecule has 0 radical (unpaired) electrons. The second kappa shape index (κ2) is 19.4. The number of piperidine rings is 3. The van der Waals surface area contributed by atoms with Gasteiger partial charge >= 0.3 is 12.1 Å². The Hall–Kier alpha value is -5.69. The number of hydrogen-bond acceptors (Lipinski definition) is 10. The number of amides is 1. The third-order valence-corrected chi connectivity index (χ3v) is 12.8. The molecule has 3 saturated heterocycles. The molecule has 4 aliphatic rings. The number of aromatic nitrogens is 1. The topological polar surface area (TPSA) is 162 Å². The van der Waals surface area contributed by atoms with Crippen LogP contribution in [0.4, 0.5) is 4.79 Å². The second-order valence-corrected chi connectivity index (χ2v) is 16.8. The van der Waals surface area contributed by atoms with Crippen molar-refractivity contribution in [3.63, 3.8) is 0 Å². The van der Waals surface area contributed by atoms with Gasteiger partial charge < -0.3 is 40.0 Å². The highest BCUT2D eigenvalue weighted by Gasteiger charge is 2.44. The minimum absolute atomic E-state index is 0.0470. The molecule has 320 valence electrons. The average molecular weight is 829 g/mol. The highest BCUT2D eigenvalue weighted by molar-refractivity contribution is 5.87. The molecule has 0 spiro atoms. The van der Waals surface area contributed by atoms with Gasteiger partial charge in [0, 0.05) is 24.5 Å². The van der Waals surface area contributed by atoms with Gasteiger partial charge in [-0.1, -0.05) is 85.6 Å². The molecule has 4 fully saturated rings. The first-order valence-corrected chi connectivity index (χ1v) is 21.7. The molecule has 61 heavy (non-hydrogen) atoms. The number of aromatic amines is 1. The van der Waals surface area contributed by atoms with Crippen LogP contribution in [0.3, 0.4) is 0 Å². The molecule has 1 aliphatic carbocycles. The number of phenolic OH excluding ortho intramolecular Hbond substituents is 1. The maximum Gasteiger partial charge on any atom is 0.408 e. The van der Waals surface area contributed by atoms with Crippen LogP contribution in [0.2, 0.25) is 0 Å². The van der Waals surface area contributed by atoms with Gasteiger partial charge in [-0.05, 0) is 116 Å². The lowest BCUT2D eigenvalue weighted by molar-refractivity contribution is -0.150. The van der Waals surface area contributed by atoms with Crippen LogP contribution in [0.15, 0.2) is 108 Å². The van der Waals surface area contributed by atoms with Gasteiger partial charge in [-0.15, -0.1) is 0 Å². The SMILES string of the molecule is O=C(NC(c1ccccc1)c1cccc(OCc2ccc(C3(C(=O)OCCCCNC[C@H](O)c4ccc(O)c5[nH]c(=O)ccc45)CCCC3)cc2)c1)O[C@H]1CN2CCC1CC2. The van der Waals surface area contributed by atoms with Crippen molar-refractivity contribution in [2.75, 3.05) is 39.3 Å². The lowest BCUT2D eigenvalue weighted by atomic mass is 9.78. The number of aliphatic hydroxyl groups is 1. The highest BCUT2D eigenvalue weighted by Crippen LogP contribution is 2.42. The van der Waals surface area contributed by atoms with Crippen molar-refractivity contribution >= 4 is 23.0 Å². The van der Waals surface area contributed by atoms with Gasteiger partial charge in [0.2, 0.25) is 5.56 Å². The standard InChI is InChI=1S/C49H56N4O8/c54-41-19-17-39(40-18-20-44(56)51-46(40)41)42(55)30-50-25-6-7-28-59-47(57)49(23-4-5-24-49)37-15-13-33(14-16-37)32-60-38-12-8-11-36(29-38)45(35-9-2-1-3-10-35)52-48(58)61-43-31-53-26-21-34(43)22-27-53/h1-3,8-20,29,34,42-43,45,50,54-55H,4-7,21-28,30-32H2,(H,51,56)(H,52,58)/t42-,43-,45?/m0/s1. The van der Waals surface area contributed by atoms with Crippen molar-refractivity contribution in [1.82, 2.24) is 20.5 Å². The largest absolute Gasteiger partial charge is 0.506 e. The molecular formula is C49H56N4O8. The van der Waals surface area contributed by atoms with Crippen molar-refractivity contribution in [2.45, 2.75) is 81.6 Å². The monoisotopic (exact) mass is 828 g/mol. The van der Waals surface area contributed by atoms with Crippen LogP contribution < -0.4 is 20.9 Å². The molecule has 9 rings (SSSR count). The number of carbonyl (C=O) groups excluding carboxylic acids is 2. The number of unbranched alkanes of at least 4 members (excludes halogenated alkanes) is 1. The zero-order valence-corrected chi connectivity index (χ0v) is 34.5. The van der Waals surface area contributed by atoms with Crippen LogP contribution in [0.1, 0.15) is 91.3 Å². The van der Waals surface area contributed by atoms with Gasteiger partial charge in [0.15, 0.2) is 0 Å². The number of aromatic hydroxyl groups is 1. The van der Waals surface area contributed by atoms with E-state index in [4.69, 9.17) is 14.2 Å². The van der Waals surface area contributed by atoms with Crippen LogP contribution in [0.5, 0.6) is 11.5 Å². The minimum atomic E-state index is -0.836. The first kappa shape index (κ1) is 42.0. The van der Waals surface area contributed by atoms with Crippen molar-refractivity contribution in [1.29, 1.82) is 0 Å². The van der Waals surface area contributed by atoms with Gasteiger partial charge in [0.05, 0.1) is 29.7 Å². The Bertz CT molecular complexity index is 2320. The number of ether oxygens (including phenoxy) is 3. The molecule has 5 N–H and O–H groups in total. The number of benzene rings is 4. The molecule has 12 heteroatoms. The first-order valence-electron chi connectivity index (χ1n) is 21.7. The predicted octanol–water partition coefficient (Wildman–Crippen LogP) is 7.18. The Morgan fingerprint density at radius 2 is 1.66 bits per heavy atom. The van der Waals surface area contributed by atoms with E-state index in [1.807, 2.05) is 78.9 Å². The summed E-state index contributed by atoms with van der Waals surface area (Å²) in [5, 5.41) is 28.0. The first-order chi connectivity index (χ1) is 29.8. The van der Waals surface area contributed by atoms with Gasteiger partial charge in [0.1, 0.15) is 24.2 Å². The van der Waals surface area contributed by atoms with E-state index in [-0.39, 0.29) is 23.4 Å². The summed E-state index contributed by atoms with van der Waals surface area (Å²) in [6, 6.07) is 31.5. The fourth-order valence-electron chi connectivity index (χ4n) is 9.35. The maximum atomic E-state index is 13.7. The van der Waals surface area contributed by atoms with E-state index < -0.39 is 23.7 Å². The minimum Gasteiger partial charge on any atom is -0.506 e. The number of hydrogen-bond donors (Lipinski definition) is 5.